The number of ether oxygens (including phenoxy) is 2. The molecule has 0 saturated heterocycles. The third-order valence-electron chi connectivity index (χ3n) is 3.00. The number of rotatable bonds is 4. The lowest BCUT2D eigenvalue weighted by Crippen LogP contribution is -2.03. The van der Waals surface area contributed by atoms with Gasteiger partial charge in [-0.3, -0.25) is 0 Å². The van der Waals surface area contributed by atoms with Gasteiger partial charge in [-0.25, -0.2) is 0 Å². The number of aliphatic hydroxyl groups is 1. The van der Waals surface area contributed by atoms with E-state index in [1.165, 1.54) is 14.2 Å². The van der Waals surface area contributed by atoms with Gasteiger partial charge in [-0.1, -0.05) is 41.4 Å². The van der Waals surface area contributed by atoms with E-state index < -0.39 is 6.10 Å². The summed E-state index contributed by atoms with van der Waals surface area (Å²) < 4.78 is 10.4. The molecular formula is C15H14Cl2O3. The first-order valence-electron chi connectivity index (χ1n) is 5.92. The van der Waals surface area contributed by atoms with Crippen LogP contribution < -0.4 is 9.47 Å². The minimum absolute atomic E-state index is 0.384. The van der Waals surface area contributed by atoms with E-state index in [2.05, 4.69) is 0 Å². The molecule has 0 aliphatic rings. The lowest BCUT2D eigenvalue weighted by molar-refractivity contribution is 0.219. The molecule has 1 atom stereocenters. The van der Waals surface area contributed by atoms with Gasteiger partial charge < -0.3 is 14.6 Å². The standard InChI is InChI=1S/C15H14Cl2O3/c1-19-13-7-10(12(17)8-14(13)20-2)15(18)9-5-3-4-6-11(9)16/h3-8,15,18H,1-2H3. The molecule has 0 radical (unpaired) electrons. The molecule has 1 N–H and O–H groups in total. The molecule has 0 fully saturated rings. The molecular weight excluding hydrogens is 299 g/mol. The van der Waals surface area contributed by atoms with Gasteiger partial charge in [-0.05, 0) is 12.1 Å². The van der Waals surface area contributed by atoms with E-state index in [1.807, 2.05) is 0 Å². The van der Waals surface area contributed by atoms with Crippen LogP contribution >= 0.6 is 23.2 Å². The van der Waals surface area contributed by atoms with Crippen LogP contribution in [0.4, 0.5) is 0 Å². The van der Waals surface area contributed by atoms with E-state index >= 15 is 0 Å². The zero-order valence-electron chi connectivity index (χ0n) is 11.1. The molecule has 20 heavy (non-hydrogen) atoms. The zero-order chi connectivity index (χ0) is 14.7. The summed E-state index contributed by atoms with van der Waals surface area (Å²) in [6.07, 6.45) is -0.934. The van der Waals surface area contributed by atoms with Gasteiger partial charge in [-0.15, -0.1) is 0 Å². The van der Waals surface area contributed by atoms with Crippen molar-refractivity contribution < 1.29 is 14.6 Å². The maximum absolute atomic E-state index is 10.5. The smallest absolute Gasteiger partial charge is 0.162 e. The van der Waals surface area contributed by atoms with Gasteiger partial charge in [-0.2, -0.15) is 0 Å². The van der Waals surface area contributed by atoms with Crippen LogP contribution in [0.1, 0.15) is 17.2 Å². The van der Waals surface area contributed by atoms with Crippen molar-refractivity contribution >= 4 is 23.2 Å². The summed E-state index contributed by atoms with van der Waals surface area (Å²) in [7, 11) is 3.05. The molecule has 0 bridgehead atoms. The Bertz CT molecular complexity index is 614. The minimum Gasteiger partial charge on any atom is -0.493 e. The molecule has 1 unspecified atom stereocenters. The molecule has 0 spiro atoms. The molecule has 0 aromatic heterocycles. The fourth-order valence-electron chi connectivity index (χ4n) is 1.94. The van der Waals surface area contributed by atoms with Crippen molar-refractivity contribution in [3.63, 3.8) is 0 Å². The van der Waals surface area contributed by atoms with Gasteiger partial charge in [0.05, 0.1) is 19.2 Å². The molecule has 106 valence electrons. The first-order valence-corrected chi connectivity index (χ1v) is 6.68. The van der Waals surface area contributed by atoms with Crippen molar-refractivity contribution in [1.82, 2.24) is 0 Å². The van der Waals surface area contributed by atoms with Gasteiger partial charge in [0.2, 0.25) is 0 Å². The Morgan fingerprint density at radius 3 is 2.10 bits per heavy atom. The van der Waals surface area contributed by atoms with Crippen LogP contribution in [0, 0.1) is 0 Å². The van der Waals surface area contributed by atoms with Crippen LogP contribution in [-0.4, -0.2) is 19.3 Å². The maximum atomic E-state index is 10.5. The molecule has 0 amide bonds. The summed E-state index contributed by atoms with van der Waals surface area (Å²) in [6, 6.07) is 10.3. The number of hydrogen-bond donors (Lipinski definition) is 1. The van der Waals surface area contributed by atoms with Crippen molar-refractivity contribution in [2.24, 2.45) is 0 Å². The van der Waals surface area contributed by atoms with Crippen molar-refractivity contribution in [2.45, 2.75) is 6.10 Å². The van der Waals surface area contributed by atoms with Crippen LogP contribution in [0.2, 0.25) is 10.0 Å². The Morgan fingerprint density at radius 2 is 1.50 bits per heavy atom. The normalized spacial score (nSPS) is 12.1. The first-order chi connectivity index (χ1) is 9.58. The van der Waals surface area contributed by atoms with Crippen LogP contribution in [0.5, 0.6) is 11.5 Å². The average molecular weight is 313 g/mol. The third kappa shape index (κ3) is 2.85. The maximum Gasteiger partial charge on any atom is 0.162 e. The largest absolute Gasteiger partial charge is 0.493 e. The van der Waals surface area contributed by atoms with E-state index in [0.29, 0.717) is 32.7 Å². The highest BCUT2D eigenvalue weighted by atomic mass is 35.5. The van der Waals surface area contributed by atoms with Crippen LogP contribution in [0.3, 0.4) is 0 Å². The number of hydrogen-bond acceptors (Lipinski definition) is 3. The van der Waals surface area contributed by atoms with E-state index in [-0.39, 0.29) is 0 Å². The number of methoxy groups -OCH3 is 2. The first kappa shape index (κ1) is 15.0. The predicted molar refractivity (Wildman–Crippen MR) is 80.1 cm³/mol. The van der Waals surface area contributed by atoms with E-state index in [4.69, 9.17) is 32.7 Å². The minimum atomic E-state index is -0.934. The van der Waals surface area contributed by atoms with Crippen LogP contribution in [-0.2, 0) is 0 Å². The zero-order valence-corrected chi connectivity index (χ0v) is 12.6. The molecule has 2 aromatic carbocycles. The second kappa shape index (κ2) is 6.35. The summed E-state index contributed by atoms with van der Waals surface area (Å²) in [4.78, 5) is 0. The average Bonchev–Trinajstić information content (AvgIpc) is 2.46. The Kier molecular flexibility index (Phi) is 4.76. The predicted octanol–water partition coefficient (Wildman–Crippen LogP) is 4.09. The van der Waals surface area contributed by atoms with Crippen molar-refractivity contribution in [1.29, 1.82) is 0 Å². The van der Waals surface area contributed by atoms with Crippen molar-refractivity contribution in [3.8, 4) is 11.5 Å². The fourth-order valence-corrected chi connectivity index (χ4v) is 2.44. The summed E-state index contributed by atoms with van der Waals surface area (Å²) in [6.45, 7) is 0. The van der Waals surface area contributed by atoms with Gasteiger partial charge in [0, 0.05) is 22.2 Å². The highest BCUT2D eigenvalue weighted by Gasteiger charge is 2.19. The Balaban J connectivity index is 2.50. The van der Waals surface area contributed by atoms with Gasteiger partial charge in [0.15, 0.2) is 11.5 Å². The van der Waals surface area contributed by atoms with E-state index in [0.717, 1.165) is 0 Å². The molecule has 0 aliphatic heterocycles. The Morgan fingerprint density at radius 1 is 0.900 bits per heavy atom. The van der Waals surface area contributed by atoms with Crippen molar-refractivity contribution in [2.75, 3.05) is 14.2 Å². The summed E-state index contributed by atoms with van der Waals surface area (Å²) in [5.41, 5.74) is 1.10. The molecule has 2 rings (SSSR count). The second-order valence-electron chi connectivity index (χ2n) is 4.15. The van der Waals surface area contributed by atoms with Gasteiger partial charge in [0.25, 0.3) is 0 Å². The number of halogens is 2. The summed E-state index contributed by atoms with van der Waals surface area (Å²) in [5.74, 6) is 1.01. The fraction of sp³-hybridized carbons (Fsp3) is 0.200. The topological polar surface area (TPSA) is 38.7 Å². The van der Waals surface area contributed by atoms with Gasteiger partial charge >= 0.3 is 0 Å². The quantitative estimate of drug-likeness (QED) is 0.924. The molecule has 5 heteroatoms. The van der Waals surface area contributed by atoms with Crippen molar-refractivity contribution in [3.05, 3.63) is 57.6 Å². The lowest BCUT2D eigenvalue weighted by atomic mass is 10.0. The monoisotopic (exact) mass is 312 g/mol. The van der Waals surface area contributed by atoms with E-state index in [1.54, 1.807) is 36.4 Å². The molecule has 0 aliphatic carbocycles. The highest BCUT2D eigenvalue weighted by molar-refractivity contribution is 6.32. The lowest BCUT2D eigenvalue weighted by Gasteiger charge is -2.17. The Labute approximate surface area is 127 Å². The Hall–Kier alpha value is -1.42. The summed E-state index contributed by atoms with van der Waals surface area (Å²) >= 11 is 12.3. The SMILES string of the molecule is COc1cc(Cl)c(C(O)c2ccccc2Cl)cc1OC. The molecule has 3 nitrogen and oxygen atoms in total. The molecule has 2 aromatic rings. The van der Waals surface area contributed by atoms with E-state index in [9.17, 15) is 5.11 Å². The van der Waals surface area contributed by atoms with Crippen LogP contribution in [0.25, 0.3) is 0 Å². The van der Waals surface area contributed by atoms with Gasteiger partial charge in [0.1, 0.15) is 6.10 Å². The third-order valence-corrected chi connectivity index (χ3v) is 3.67. The number of benzene rings is 2. The second-order valence-corrected chi connectivity index (χ2v) is 4.97. The summed E-state index contributed by atoms with van der Waals surface area (Å²) in [5, 5.41) is 11.3. The highest BCUT2D eigenvalue weighted by Crippen LogP contribution is 2.39. The molecule has 0 heterocycles. The van der Waals surface area contributed by atoms with Crippen LogP contribution in [0.15, 0.2) is 36.4 Å². The number of aliphatic hydroxyl groups excluding tert-OH is 1. The molecule has 0 saturated carbocycles.